The van der Waals surface area contributed by atoms with Crippen LogP contribution in [0, 0.1) is 13.8 Å². The summed E-state index contributed by atoms with van der Waals surface area (Å²) < 4.78 is 0. The second kappa shape index (κ2) is 11.3. The number of fused-ring (bicyclic) bond motifs is 2. The standard InChI is InChI=1S/C32H42N10/c1-20-16-28(40(5)6)24-18-22(11-13-26(24)35-20)31-37-30(10-9-15-39(3)4)42(34)32(33,38-31)23-12-14-27-25(19-23)29(41(7)8)17-21(2)36-27/h11-14,16-19H,9-10,15,33-34H2,1-8H3. The molecule has 10 nitrogen and oxygen atoms in total. The lowest BCUT2D eigenvalue weighted by molar-refractivity contribution is 0.183. The van der Waals surface area contributed by atoms with Crippen molar-refractivity contribution >= 4 is 44.9 Å². The van der Waals surface area contributed by atoms with Gasteiger partial charge in [-0.2, -0.15) is 0 Å². The fourth-order valence-electron chi connectivity index (χ4n) is 5.46. The average molecular weight is 567 g/mol. The van der Waals surface area contributed by atoms with Crippen LogP contribution < -0.4 is 21.4 Å². The molecule has 0 fully saturated rings. The number of aryl methyl sites for hydroxylation is 2. The Morgan fingerprint density at radius 2 is 1.36 bits per heavy atom. The van der Waals surface area contributed by atoms with Crippen LogP contribution in [0.1, 0.15) is 35.4 Å². The van der Waals surface area contributed by atoms with Gasteiger partial charge in [-0.25, -0.2) is 15.8 Å². The molecule has 5 rings (SSSR count). The molecule has 10 heteroatoms. The molecular formula is C32H42N10. The summed E-state index contributed by atoms with van der Waals surface area (Å²) in [5.41, 5.74) is 14.7. The van der Waals surface area contributed by atoms with Gasteiger partial charge in [0, 0.05) is 79.3 Å². The van der Waals surface area contributed by atoms with Crippen LogP contribution in [-0.2, 0) is 5.79 Å². The number of hydrazine groups is 1. The summed E-state index contributed by atoms with van der Waals surface area (Å²) in [4.78, 5) is 25.9. The molecule has 0 saturated heterocycles. The van der Waals surface area contributed by atoms with Crippen molar-refractivity contribution in [3.63, 3.8) is 0 Å². The minimum Gasteiger partial charge on any atom is -0.377 e. The van der Waals surface area contributed by atoms with Gasteiger partial charge in [-0.15, -0.1) is 0 Å². The number of benzene rings is 2. The molecule has 4 N–H and O–H groups in total. The molecule has 220 valence electrons. The van der Waals surface area contributed by atoms with Gasteiger partial charge in [0.2, 0.25) is 5.79 Å². The van der Waals surface area contributed by atoms with Crippen LogP contribution in [0.5, 0.6) is 0 Å². The highest BCUT2D eigenvalue weighted by Gasteiger charge is 2.39. The lowest BCUT2D eigenvalue weighted by Crippen LogP contribution is -2.60. The van der Waals surface area contributed by atoms with Gasteiger partial charge in [0.25, 0.3) is 0 Å². The van der Waals surface area contributed by atoms with Crippen molar-refractivity contribution in [2.45, 2.75) is 32.5 Å². The lowest BCUT2D eigenvalue weighted by atomic mass is 10.0. The normalized spacial score (nSPS) is 17.2. The van der Waals surface area contributed by atoms with E-state index in [-0.39, 0.29) is 0 Å². The van der Waals surface area contributed by atoms with Gasteiger partial charge >= 0.3 is 0 Å². The van der Waals surface area contributed by atoms with Gasteiger partial charge in [-0.1, -0.05) is 6.07 Å². The maximum absolute atomic E-state index is 7.20. The van der Waals surface area contributed by atoms with E-state index in [0.29, 0.717) is 18.1 Å². The molecule has 3 heterocycles. The number of nitrogens with two attached hydrogens (primary N) is 2. The number of nitrogens with zero attached hydrogens (tertiary/aromatic N) is 8. The van der Waals surface area contributed by atoms with Gasteiger partial charge in [0.15, 0.2) is 5.84 Å². The average Bonchev–Trinajstić information content (AvgIpc) is 2.93. The maximum atomic E-state index is 7.20. The molecular weight excluding hydrogens is 524 g/mol. The van der Waals surface area contributed by atoms with E-state index in [4.69, 9.17) is 31.5 Å². The Kier molecular flexibility index (Phi) is 7.89. The molecule has 2 aromatic heterocycles. The third-order valence-corrected chi connectivity index (χ3v) is 7.64. The number of aliphatic imine (C=N–C) groups is 2. The molecule has 42 heavy (non-hydrogen) atoms. The third kappa shape index (κ3) is 5.53. The Morgan fingerprint density at radius 3 is 1.93 bits per heavy atom. The number of anilines is 2. The molecule has 2 aromatic carbocycles. The topological polar surface area (TPSA) is 116 Å². The second-order valence-corrected chi connectivity index (χ2v) is 11.8. The van der Waals surface area contributed by atoms with Crippen molar-refractivity contribution in [3.05, 3.63) is 71.0 Å². The van der Waals surface area contributed by atoms with Crippen molar-refractivity contribution in [2.75, 3.05) is 58.6 Å². The lowest BCUT2D eigenvalue weighted by Gasteiger charge is -2.40. The van der Waals surface area contributed by atoms with Gasteiger partial charge in [0.05, 0.1) is 11.0 Å². The van der Waals surface area contributed by atoms with Crippen LogP contribution in [0.15, 0.2) is 58.5 Å². The fraction of sp³-hybridized carbons (Fsp3) is 0.375. The van der Waals surface area contributed by atoms with Crippen LogP contribution in [0.2, 0.25) is 0 Å². The van der Waals surface area contributed by atoms with E-state index >= 15 is 0 Å². The van der Waals surface area contributed by atoms with E-state index in [2.05, 4.69) is 53.1 Å². The predicted molar refractivity (Wildman–Crippen MR) is 175 cm³/mol. The van der Waals surface area contributed by atoms with E-state index in [1.807, 2.05) is 66.3 Å². The van der Waals surface area contributed by atoms with Crippen LogP contribution >= 0.6 is 0 Å². The largest absolute Gasteiger partial charge is 0.377 e. The number of rotatable bonds is 8. The van der Waals surface area contributed by atoms with Crippen molar-refractivity contribution in [3.8, 4) is 0 Å². The first-order valence-corrected chi connectivity index (χ1v) is 14.2. The molecule has 1 aliphatic heterocycles. The number of amidine groups is 2. The Bertz CT molecular complexity index is 1710. The zero-order valence-corrected chi connectivity index (χ0v) is 26.0. The Hall–Kier alpha value is -4.12. The maximum Gasteiger partial charge on any atom is 0.228 e. The smallest absolute Gasteiger partial charge is 0.228 e. The zero-order chi connectivity index (χ0) is 30.3. The molecule has 1 unspecified atom stereocenters. The highest BCUT2D eigenvalue weighted by atomic mass is 15.6. The van der Waals surface area contributed by atoms with Crippen LogP contribution in [-0.4, -0.2) is 80.4 Å². The number of hydrogen-bond donors (Lipinski definition) is 2. The Labute approximate surface area is 248 Å². The highest BCUT2D eigenvalue weighted by Crippen LogP contribution is 2.34. The van der Waals surface area contributed by atoms with Gasteiger partial charge in [-0.05, 0) is 83.4 Å². The quantitative estimate of drug-likeness (QED) is 0.308. The Morgan fingerprint density at radius 1 is 0.786 bits per heavy atom. The first kappa shape index (κ1) is 29.4. The summed E-state index contributed by atoms with van der Waals surface area (Å²) in [6.45, 7) is 4.91. The first-order chi connectivity index (χ1) is 19.9. The summed E-state index contributed by atoms with van der Waals surface area (Å²) >= 11 is 0. The van der Waals surface area contributed by atoms with Crippen molar-refractivity contribution in [1.29, 1.82) is 0 Å². The summed E-state index contributed by atoms with van der Waals surface area (Å²) in [5.74, 6) is 6.65. The first-order valence-electron chi connectivity index (χ1n) is 14.2. The molecule has 0 amide bonds. The van der Waals surface area contributed by atoms with Crippen molar-refractivity contribution in [2.24, 2.45) is 21.6 Å². The monoisotopic (exact) mass is 566 g/mol. The van der Waals surface area contributed by atoms with E-state index in [1.165, 1.54) is 5.01 Å². The van der Waals surface area contributed by atoms with Crippen molar-refractivity contribution in [1.82, 2.24) is 19.9 Å². The molecule has 0 bridgehead atoms. The Balaban J connectivity index is 1.68. The molecule has 1 aliphatic rings. The molecule has 0 radical (unpaired) electrons. The van der Waals surface area contributed by atoms with Gasteiger partial charge in [0.1, 0.15) is 5.84 Å². The van der Waals surface area contributed by atoms with E-state index in [1.54, 1.807) is 0 Å². The van der Waals surface area contributed by atoms with Crippen LogP contribution in [0.25, 0.3) is 21.8 Å². The zero-order valence-electron chi connectivity index (χ0n) is 26.0. The molecule has 1 atom stereocenters. The van der Waals surface area contributed by atoms with E-state index < -0.39 is 5.79 Å². The third-order valence-electron chi connectivity index (χ3n) is 7.64. The van der Waals surface area contributed by atoms with Crippen LogP contribution in [0.4, 0.5) is 11.4 Å². The minimum atomic E-state index is -1.38. The summed E-state index contributed by atoms with van der Waals surface area (Å²) in [6, 6.07) is 16.3. The molecule has 0 saturated carbocycles. The SMILES string of the molecule is Cc1cc(N(C)C)c2cc(C3=NC(N)(c4ccc5nc(C)cc(N(C)C)c5c4)N(N)C(CCCN(C)C)=N3)ccc2n1. The van der Waals surface area contributed by atoms with E-state index in [9.17, 15) is 0 Å². The number of hydrogen-bond acceptors (Lipinski definition) is 10. The summed E-state index contributed by atoms with van der Waals surface area (Å²) in [7, 11) is 12.2. The summed E-state index contributed by atoms with van der Waals surface area (Å²) in [6.07, 6.45) is 1.53. The van der Waals surface area contributed by atoms with Crippen molar-refractivity contribution < 1.29 is 0 Å². The van der Waals surface area contributed by atoms with Gasteiger partial charge < -0.3 is 14.7 Å². The molecule has 0 aliphatic carbocycles. The summed E-state index contributed by atoms with van der Waals surface area (Å²) in [5, 5.41) is 3.54. The molecule has 0 spiro atoms. The highest BCUT2D eigenvalue weighted by molar-refractivity contribution is 6.10. The van der Waals surface area contributed by atoms with E-state index in [0.717, 1.165) is 68.7 Å². The predicted octanol–water partition coefficient (Wildman–Crippen LogP) is 3.98. The molecule has 4 aromatic rings. The minimum absolute atomic E-state index is 0.543. The fourth-order valence-corrected chi connectivity index (χ4v) is 5.46. The second-order valence-electron chi connectivity index (χ2n) is 11.8. The van der Waals surface area contributed by atoms with Crippen LogP contribution in [0.3, 0.4) is 0 Å². The number of aromatic nitrogens is 2. The number of pyridine rings is 2. The van der Waals surface area contributed by atoms with Gasteiger partial charge in [-0.3, -0.25) is 20.7 Å².